The summed E-state index contributed by atoms with van der Waals surface area (Å²) in [4.78, 5) is 23.7. The molecule has 0 bridgehead atoms. The van der Waals surface area contributed by atoms with Crippen LogP contribution in [-0.2, 0) is 17.6 Å². The fraction of sp³-hybridized carbons (Fsp3) is 0.368. The number of thiophene rings is 1. The third-order valence-corrected chi connectivity index (χ3v) is 5.77. The van der Waals surface area contributed by atoms with E-state index in [1.54, 1.807) is 6.92 Å². The van der Waals surface area contributed by atoms with Gasteiger partial charge in [-0.15, -0.1) is 11.3 Å². The van der Waals surface area contributed by atoms with E-state index in [-0.39, 0.29) is 18.2 Å². The summed E-state index contributed by atoms with van der Waals surface area (Å²) in [5.41, 5.74) is 2.17. The van der Waals surface area contributed by atoms with Crippen molar-refractivity contribution in [2.45, 2.75) is 33.1 Å². The van der Waals surface area contributed by atoms with Crippen LogP contribution in [0.1, 0.15) is 34.9 Å². The first-order valence-electron chi connectivity index (χ1n) is 8.61. The Bertz CT molecular complexity index is 945. The minimum atomic E-state index is -0.480. The van der Waals surface area contributed by atoms with Gasteiger partial charge in [-0.3, -0.25) is 14.9 Å². The smallest absolute Gasteiger partial charge is 0.269 e. The van der Waals surface area contributed by atoms with Crippen LogP contribution in [-0.4, -0.2) is 17.4 Å². The van der Waals surface area contributed by atoms with Crippen LogP contribution < -0.4 is 10.1 Å². The van der Waals surface area contributed by atoms with Crippen molar-refractivity contribution in [2.24, 2.45) is 5.92 Å². The van der Waals surface area contributed by atoms with E-state index in [0.717, 1.165) is 24.8 Å². The van der Waals surface area contributed by atoms with E-state index in [1.807, 2.05) is 0 Å². The number of hydrogen-bond donors (Lipinski definition) is 1. The number of anilines is 1. The average Bonchev–Trinajstić information content (AvgIpc) is 2.96. The number of amides is 1. The molecular formula is C19H19N3O4S. The zero-order valence-corrected chi connectivity index (χ0v) is 15.9. The first-order chi connectivity index (χ1) is 12.9. The number of non-ortho nitro benzene ring substituents is 1. The first-order valence-corrected chi connectivity index (χ1v) is 9.43. The van der Waals surface area contributed by atoms with Crippen molar-refractivity contribution in [3.05, 3.63) is 49.9 Å². The minimum Gasteiger partial charge on any atom is -0.483 e. The second-order valence-corrected chi connectivity index (χ2v) is 7.82. The van der Waals surface area contributed by atoms with Crippen LogP contribution in [0.15, 0.2) is 18.2 Å². The summed E-state index contributed by atoms with van der Waals surface area (Å²) in [5, 5.41) is 23.6. The summed E-state index contributed by atoms with van der Waals surface area (Å²) in [7, 11) is 0. The maximum absolute atomic E-state index is 12.3. The predicted octanol–water partition coefficient (Wildman–Crippen LogP) is 3.98. The highest BCUT2D eigenvalue weighted by Crippen LogP contribution is 2.39. The summed E-state index contributed by atoms with van der Waals surface area (Å²) in [6.45, 7) is 3.64. The molecule has 1 heterocycles. The molecule has 1 aliphatic rings. The van der Waals surface area contributed by atoms with E-state index in [4.69, 9.17) is 4.74 Å². The Morgan fingerprint density at radius 3 is 2.96 bits per heavy atom. The molecule has 0 saturated carbocycles. The summed E-state index contributed by atoms with van der Waals surface area (Å²) in [6.07, 6.45) is 2.85. The number of nitro benzene ring substituents is 1. The summed E-state index contributed by atoms with van der Waals surface area (Å²) in [5.74, 6) is 0.631. The molecule has 0 fully saturated rings. The molecule has 0 aliphatic heterocycles. The zero-order valence-electron chi connectivity index (χ0n) is 15.1. The second kappa shape index (κ2) is 7.76. The van der Waals surface area contributed by atoms with Crippen molar-refractivity contribution in [3.8, 4) is 11.8 Å². The van der Waals surface area contributed by atoms with Crippen LogP contribution in [0, 0.1) is 34.3 Å². The zero-order chi connectivity index (χ0) is 19.6. The number of fused-ring (bicyclic) bond motifs is 1. The number of nitrogens with zero attached hydrogens (tertiary/aromatic N) is 2. The van der Waals surface area contributed by atoms with Gasteiger partial charge in [-0.2, -0.15) is 5.26 Å². The number of nitro groups is 1. The molecule has 2 aromatic rings. The van der Waals surface area contributed by atoms with E-state index in [2.05, 4.69) is 18.3 Å². The van der Waals surface area contributed by atoms with Gasteiger partial charge in [0.05, 0.1) is 10.5 Å². The van der Waals surface area contributed by atoms with E-state index in [1.165, 1.54) is 34.4 Å². The van der Waals surface area contributed by atoms with Crippen molar-refractivity contribution in [1.29, 1.82) is 5.26 Å². The van der Waals surface area contributed by atoms with Crippen molar-refractivity contribution in [1.82, 2.24) is 0 Å². The normalized spacial score (nSPS) is 15.5. The van der Waals surface area contributed by atoms with Gasteiger partial charge in [-0.1, -0.05) is 6.92 Å². The molecule has 140 valence electrons. The SMILES string of the molecule is Cc1cc([N+](=O)[O-])ccc1OCC(=O)Nc1sc2c(c1C#N)CCC(C)C2. The highest BCUT2D eigenvalue weighted by Gasteiger charge is 2.24. The van der Waals surface area contributed by atoms with Gasteiger partial charge in [-0.25, -0.2) is 0 Å². The number of rotatable bonds is 5. The van der Waals surface area contributed by atoms with E-state index in [0.29, 0.717) is 27.8 Å². The molecule has 0 saturated heterocycles. The van der Waals surface area contributed by atoms with Gasteiger partial charge in [0.15, 0.2) is 6.61 Å². The number of nitriles is 1. The van der Waals surface area contributed by atoms with Crippen LogP contribution in [0.5, 0.6) is 5.75 Å². The molecule has 0 radical (unpaired) electrons. The van der Waals surface area contributed by atoms with Crippen LogP contribution in [0.4, 0.5) is 10.7 Å². The van der Waals surface area contributed by atoms with Crippen LogP contribution in [0.3, 0.4) is 0 Å². The Kier molecular flexibility index (Phi) is 5.42. The quantitative estimate of drug-likeness (QED) is 0.619. The molecule has 27 heavy (non-hydrogen) atoms. The Morgan fingerprint density at radius 1 is 1.52 bits per heavy atom. The number of aryl methyl sites for hydroxylation is 1. The fourth-order valence-electron chi connectivity index (χ4n) is 3.17. The topological polar surface area (TPSA) is 105 Å². The predicted molar refractivity (Wildman–Crippen MR) is 102 cm³/mol. The lowest BCUT2D eigenvalue weighted by Gasteiger charge is -2.17. The molecule has 1 atom stereocenters. The molecule has 1 aliphatic carbocycles. The number of benzene rings is 1. The van der Waals surface area contributed by atoms with Crippen LogP contribution in [0.25, 0.3) is 0 Å². The van der Waals surface area contributed by atoms with Gasteiger partial charge in [0.25, 0.3) is 11.6 Å². The standard InChI is InChI=1S/C19H19N3O4S/c1-11-3-5-14-15(9-20)19(27-17(14)7-11)21-18(23)10-26-16-6-4-13(22(24)25)8-12(16)2/h4,6,8,11H,3,5,7,10H2,1-2H3,(H,21,23). The molecular weight excluding hydrogens is 366 g/mol. The Hall–Kier alpha value is -2.92. The van der Waals surface area contributed by atoms with Gasteiger partial charge in [0.1, 0.15) is 16.8 Å². The molecule has 3 rings (SSSR count). The van der Waals surface area contributed by atoms with E-state index < -0.39 is 4.92 Å². The lowest BCUT2D eigenvalue weighted by molar-refractivity contribution is -0.384. The number of nitrogens with one attached hydrogen (secondary N) is 1. The van der Waals surface area contributed by atoms with Crippen LogP contribution in [0.2, 0.25) is 0 Å². The van der Waals surface area contributed by atoms with Gasteiger partial charge in [-0.05, 0) is 49.3 Å². The molecule has 1 aromatic carbocycles. The number of hydrogen-bond acceptors (Lipinski definition) is 6. The highest BCUT2D eigenvalue weighted by molar-refractivity contribution is 7.16. The molecule has 0 spiro atoms. The molecule has 7 nitrogen and oxygen atoms in total. The maximum atomic E-state index is 12.3. The summed E-state index contributed by atoms with van der Waals surface area (Å²) >= 11 is 1.46. The number of carbonyl (C=O) groups is 1. The first kappa shape index (κ1) is 18.9. The lowest BCUT2D eigenvalue weighted by Crippen LogP contribution is -2.20. The van der Waals surface area contributed by atoms with Gasteiger partial charge in [0, 0.05) is 17.0 Å². The Morgan fingerprint density at radius 2 is 2.30 bits per heavy atom. The molecule has 1 N–H and O–H groups in total. The van der Waals surface area contributed by atoms with Crippen LogP contribution >= 0.6 is 11.3 Å². The van der Waals surface area contributed by atoms with E-state index in [9.17, 15) is 20.2 Å². The third kappa shape index (κ3) is 4.09. The van der Waals surface area contributed by atoms with E-state index >= 15 is 0 Å². The van der Waals surface area contributed by atoms with Crippen molar-refractivity contribution in [3.63, 3.8) is 0 Å². The summed E-state index contributed by atoms with van der Waals surface area (Å²) in [6, 6.07) is 6.43. The Balaban J connectivity index is 1.67. The highest BCUT2D eigenvalue weighted by atomic mass is 32.1. The maximum Gasteiger partial charge on any atom is 0.269 e. The summed E-state index contributed by atoms with van der Waals surface area (Å²) < 4.78 is 5.49. The van der Waals surface area contributed by atoms with Crippen molar-refractivity contribution in [2.75, 3.05) is 11.9 Å². The largest absolute Gasteiger partial charge is 0.483 e. The number of ether oxygens (including phenoxy) is 1. The van der Waals surface area contributed by atoms with Crippen molar-refractivity contribution < 1.29 is 14.5 Å². The van der Waals surface area contributed by atoms with Gasteiger partial charge < -0.3 is 10.1 Å². The lowest BCUT2D eigenvalue weighted by atomic mass is 9.89. The third-order valence-electron chi connectivity index (χ3n) is 4.60. The number of carbonyl (C=O) groups excluding carboxylic acids is 1. The fourth-order valence-corrected chi connectivity index (χ4v) is 4.55. The minimum absolute atomic E-state index is 0.0265. The molecule has 8 heteroatoms. The van der Waals surface area contributed by atoms with Crippen molar-refractivity contribution >= 4 is 27.9 Å². The average molecular weight is 385 g/mol. The van der Waals surface area contributed by atoms with Gasteiger partial charge >= 0.3 is 0 Å². The molecule has 1 amide bonds. The van der Waals surface area contributed by atoms with Gasteiger partial charge in [0.2, 0.25) is 0 Å². The molecule has 1 aromatic heterocycles. The Labute approximate surface area is 160 Å². The second-order valence-electron chi connectivity index (χ2n) is 6.71. The monoisotopic (exact) mass is 385 g/mol. The molecule has 1 unspecified atom stereocenters.